The van der Waals surface area contributed by atoms with Crippen LogP contribution in [-0.4, -0.2) is 63.6 Å². The molecule has 3 heterocycles. The van der Waals surface area contributed by atoms with E-state index in [2.05, 4.69) is 29.8 Å². The number of carbonyl (C=O) groups excluding carboxylic acids is 2. The molecule has 0 bridgehead atoms. The van der Waals surface area contributed by atoms with E-state index in [-0.39, 0.29) is 17.6 Å². The summed E-state index contributed by atoms with van der Waals surface area (Å²) in [5.74, 6) is 1.23. The molecule has 1 aromatic heterocycles. The molecule has 0 saturated carbocycles. The fourth-order valence-corrected chi connectivity index (χ4v) is 6.21. The molecule has 202 valence electrons. The van der Waals surface area contributed by atoms with Gasteiger partial charge in [-0.1, -0.05) is 24.3 Å². The Morgan fingerprint density at radius 2 is 1.95 bits per heavy atom. The molecule has 10 heteroatoms. The lowest BCUT2D eigenvalue weighted by Crippen LogP contribution is -2.36. The number of nitrogens with one attached hydrogen (secondary N) is 3. The maximum atomic E-state index is 14.0. The standard InChI is InChI=1S/C14H11FNOP.C14H23N3O2S/c15-10-4-2-6-12(18)14(10)8-3-1-5-11-9(8)7-13(17)16-11;1-11-12(2)16-10-13(11)14(18)15-4-6-17-5-3-8-20(19)9-7-17/h1-6H,7,18H2,(H,16,17);10,16H,3-9H2,1-2H3,(H,15,18). The summed E-state index contributed by atoms with van der Waals surface area (Å²) in [4.78, 5) is 28.8. The molecule has 2 aliphatic heterocycles. The third-order valence-corrected chi connectivity index (χ3v) is 8.80. The topological polar surface area (TPSA) is 94.3 Å². The number of benzene rings is 2. The number of rotatable bonds is 5. The van der Waals surface area contributed by atoms with Crippen LogP contribution in [0.1, 0.15) is 33.6 Å². The lowest BCUT2D eigenvalue weighted by atomic mass is 9.97. The zero-order chi connectivity index (χ0) is 27.2. The van der Waals surface area contributed by atoms with Gasteiger partial charge in [0.1, 0.15) is 5.82 Å². The van der Waals surface area contributed by atoms with Crippen molar-refractivity contribution in [2.45, 2.75) is 26.7 Å². The number of aromatic nitrogens is 1. The van der Waals surface area contributed by atoms with Gasteiger partial charge in [-0.2, -0.15) is 0 Å². The van der Waals surface area contributed by atoms with Gasteiger partial charge in [-0.15, -0.1) is 9.24 Å². The summed E-state index contributed by atoms with van der Waals surface area (Å²) < 4.78 is 25.4. The highest BCUT2D eigenvalue weighted by molar-refractivity contribution is 7.85. The van der Waals surface area contributed by atoms with Crippen LogP contribution in [0.25, 0.3) is 11.1 Å². The first-order valence-electron chi connectivity index (χ1n) is 12.7. The van der Waals surface area contributed by atoms with Gasteiger partial charge in [0.2, 0.25) is 5.91 Å². The van der Waals surface area contributed by atoms with E-state index < -0.39 is 10.8 Å². The Bertz CT molecular complexity index is 1340. The van der Waals surface area contributed by atoms with Crippen LogP contribution in [0.4, 0.5) is 10.1 Å². The van der Waals surface area contributed by atoms with Crippen molar-refractivity contribution in [2.75, 3.05) is 43.0 Å². The summed E-state index contributed by atoms with van der Waals surface area (Å²) in [6.45, 7) is 7.21. The predicted octanol–water partition coefficient (Wildman–Crippen LogP) is 3.30. The molecule has 2 amide bonds. The third-order valence-electron chi connectivity index (χ3n) is 6.94. The summed E-state index contributed by atoms with van der Waals surface area (Å²) in [6, 6.07) is 10.5. The molecule has 0 spiro atoms. The number of anilines is 1. The number of carbonyl (C=O) groups is 2. The van der Waals surface area contributed by atoms with E-state index in [1.807, 2.05) is 38.1 Å². The first kappa shape index (κ1) is 28.1. The van der Waals surface area contributed by atoms with E-state index in [1.165, 1.54) is 6.07 Å². The molecular formula is C28H34FN4O3PS. The number of H-pyrrole nitrogens is 1. The van der Waals surface area contributed by atoms with Crippen molar-refractivity contribution in [2.24, 2.45) is 0 Å². The van der Waals surface area contributed by atoms with Crippen LogP contribution < -0.4 is 15.9 Å². The fraction of sp³-hybridized carbons (Fsp3) is 0.357. The normalized spacial score (nSPS) is 17.2. The van der Waals surface area contributed by atoms with Crippen molar-refractivity contribution < 1.29 is 18.2 Å². The van der Waals surface area contributed by atoms with Crippen LogP contribution >= 0.6 is 9.24 Å². The minimum Gasteiger partial charge on any atom is -0.364 e. The summed E-state index contributed by atoms with van der Waals surface area (Å²) in [5.41, 5.74) is 5.75. The molecule has 2 aliphatic rings. The summed E-state index contributed by atoms with van der Waals surface area (Å²) in [5, 5.41) is 6.53. The number of nitrogens with zero attached hydrogens (tertiary/aromatic N) is 1. The minimum atomic E-state index is -0.656. The summed E-state index contributed by atoms with van der Waals surface area (Å²) in [6.07, 6.45) is 3.05. The van der Waals surface area contributed by atoms with Gasteiger partial charge in [-0.25, -0.2) is 4.39 Å². The SMILES string of the molecule is Cc1[nH]cc(C(=O)NCCN2CCCS(=O)CC2)c1C.O=C1Cc2c(cccc2-c2c(F)cccc2P)N1. The molecule has 7 nitrogen and oxygen atoms in total. The Labute approximate surface area is 227 Å². The molecular weight excluding hydrogens is 522 g/mol. The van der Waals surface area contributed by atoms with Crippen LogP contribution in [0.3, 0.4) is 0 Å². The summed E-state index contributed by atoms with van der Waals surface area (Å²) in [7, 11) is 1.88. The Hall–Kier alpha value is -2.87. The first-order chi connectivity index (χ1) is 18.2. The smallest absolute Gasteiger partial charge is 0.253 e. The van der Waals surface area contributed by atoms with Crippen LogP contribution in [0, 0.1) is 19.7 Å². The highest BCUT2D eigenvalue weighted by Gasteiger charge is 2.23. The quantitative estimate of drug-likeness (QED) is 0.421. The summed E-state index contributed by atoms with van der Waals surface area (Å²) >= 11 is 0. The molecule has 1 fully saturated rings. The highest BCUT2D eigenvalue weighted by atomic mass is 32.2. The number of aromatic amines is 1. The number of amides is 2. The Morgan fingerprint density at radius 3 is 2.68 bits per heavy atom. The minimum absolute atomic E-state index is 0.0229. The van der Waals surface area contributed by atoms with Crippen molar-refractivity contribution in [1.82, 2.24) is 15.2 Å². The molecule has 3 N–H and O–H groups in total. The zero-order valence-corrected chi connectivity index (χ0v) is 23.7. The van der Waals surface area contributed by atoms with Crippen LogP contribution in [-0.2, 0) is 22.0 Å². The number of hydrogen-bond donors (Lipinski definition) is 3. The lowest BCUT2D eigenvalue weighted by Gasteiger charge is -2.19. The molecule has 2 aromatic carbocycles. The van der Waals surface area contributed by atoms with Crippen molar-refractivity contribution in [1.29, 1.82) is 0 Å². The number of aryl methyl sites for hydroxylation is 1. The second kappa shape index (κ2) is 12.8. The van der Waals surface area contributed by atoms with Gasteiger partial charge < -0.3 is 20.5 Å². The van der Waals surface area contributed by atoms with E-state index in [0.29, 0.717) is 18.5 Å². The molecule has 2 unspecified atom stereocenters. The molecule has 5 rings (SSSR count). The zero-order valence-electron chi connectivity index (χ0n) is 21.7. The molecule has 38 heavy (non-hydrogen) atoms. The van der Waals surface area contributed by atoms with E-state index >= 15 is 0 Å². The van der Waals surface area contributed by atoms with Gasteiger partial charge in [-0.3, -0.25) is 13.8 Å². The number of fused-ring (bicyclic) bond motifs is 1. The molecule has 2 atom stereocenters. The highest BCUT2D eigenvalue weighted by Crippen LogP contribution is 2.34. The van der Waals surface area contributed by atoms with Crippen molar-refractivity contribution in [3.63, 3.8) is 0 Å². The van der Waals surface area contributed by atoms with Gasteiger partial charge in [0, 0.05) is 65.1 Å². The fourth-order valence-electron chi connectivity index (χ4n) is 4.68. The molecule has 0 radical (unpaired) electrons. The predicted molar refractivity (Wildman–Crippen MR) is 155 cm³/mol. The second-order valence-corrected chi connectivity index (χ2v) is 11.8. The van der Waals surface area contributed by atoms with E-state index in [0.717, 1.165) is 76.5 Å². The molecule has 3 aromatic rings. The Kier molecular flexibility index (Phi) is 9.47. The van der Waals surface area contributed by atoms with Gasteiger partial charge in [-0.05, 0) is 60.9 Å². The van der Waals surface area contributed by atoms with E-state index in [1.54, 1.807) is 12.3 Å². The van der Waals surface area contributed by atoms with Crippen molar-refractivity contribution in [3.05, 3.63) is 70.8 Å². The maximum absolute atomic E-state index is 14.0. The monoisotopic (exact) mass is 556 g/mol. The molecule has 1 saturated heterocycles. The van der Waals surface area contributed by atoms with Crippen LogP contribution in [0.5, 0.6) is 0 Å². The average molecular weight is 557 g/mol. The maximum Gasteiger partial charge on any atom is 0.253 e. The van der Waals surface area contributed by atoms with Crippen LogP contribution in [0.15, 0.2) is 42.6 Å². The number of halogens is 1. The molecule has 0 aliphatic carbocycles. The van der Waals surface area contributed by atoms with Gasteiger partial charge in [0.25, 0.3) is 5.91 Å². The van der Waals surface area contributed by atoms with Crippen molar-refractivity contribution >= 4 is 42.8 Å². The number of hydrogen-bond acceptors (Lipinski definition) is 4. The van der Waals surface area contributed by atoms with Gasteiger partial charge in [0.05, 0.1) is 12.0 Å². The van der Waals surface area contributed by atoms with E-state index in [9.17, 15) is 18.2 Å². The van der Waals surface area contributed by atoms with E-state index in [4.69, 9.17) is 0 Å². The Balaban J connectivity index is 0.000000178. The van der Waals surface area contributed by atoms with Crippen molar-refractivity contribution in [3.8, 4) is 11.1 Å². The van der Waals surface area contributed by atoms with Crippen LogP contribution in [0.2, 0.25) is 0 Å². The average Bonchev–Trinajstić information content (AvgIpc) is 3.35. The lowest BCUT2D eigenvalue weighted by molar-refractivity contribution is -0.115. The largest absolute Gasteiger partial charge is 0.364 e. The second-order valence-electron chi connectivity index (χ2n) is 9.51. The Morgan fingerprint density at radius 1 is 1.16 bits per heavy atom. The first-order valence-corrected chi connectivity index (χ1v) is 14.8. The van der Waals surface area contributed by atoms with Gasteiger partial charge >= 0.3 is 0 Å². The third kappa shape index (κ3) is 6.76. The van der Waals surface area contributed by atoms with Gasteiger partial charge in [0.15, 0.2) is 0 Å².